The van der Waals surface area contributed by atoms with E-state index in [1.807, 2.05) is 22.2 Å². The van der Waals surface area contributed by atoms with E-state index in [9.17, 15) is 0 Å². The molecule has 0 spiro atoms. The summed E-state index contributed by atoms with van der Waals surface area (Å²) in [6.07, 6.45) is 10.8. The van der Waals surface area contributed by atoms with Crippen LogP contribution in [0.2, 0.25) is 0 Å². The van der Waals surface area contributed by atoms with Crippen LogP contribution in [0.3, 0.4) is 0 Å². The molecule has 9 heteroatoms. The van der Waals surface area contributed by atoms with E-state index in [0.717, 1.165) is 64.6 Å². The molecule has 5 heterocycles. The number of piperidine rings is 1. The van der Waals surface area contributed by atoms with Crippen LogP contribution in [0.4, 0.5) is 5.82 Å². The monoisotopic (exact) mass is 439 g/mol. The standard InChI is InChI=1S/C22H29N7OS/c1-2-4-18-17(3-1)20-21(28-8-5-16(6-9-28)29-10-7-23-26-29)24-19(25-22(20)31-18)15-27-11-13-30-14-12-27/h7,10,16H,1-6,8-9,11-15H2. The molecule has 2 saturated heterocycles. The van der Waals surface area contributed by atoms with E-state index >= 15 is 0 Å². The van der Waals surface area contributed by atoms with E-state index in [4.69, 9.17) is 14.7 Å². The van der Waals surface area contributed by atoms with Gasteiger partial charge in [-0.05, 0) is 44.1 Å². The van der Waals surface area contributed by atoms with Crippen molar-refractivity contribution in [2.24, 2.45) is 0 Å². The zero-order chi connectivity index (χ0) is 20.6. The van der Waals surface area contributed by atoms with Crippen LogP contribution >= 0.6 is 11.3 Å². The molecule has 0 N–H and O–H groups in total. The van der Waals surface area contributed by atoms with E-state index in [1.165, 1.54) is 52.2 Å². The van der Waals surface area contributed by atoms with Gasteiger partial charge in [0.05, 0.1) is 37.4 Å². The Labute approximate surface area is 186 Å². The second kappa shape index (κ2) is 8.44. The number of hydrogen-bond donors (Lipinski definition) is 0. The number of aryl methyl sites for hydroxylation is 2. The van der Waals surface area contributed by atoms with E-state index in [1.54, 1.807) is 6.20 Å². The SMILES string of the molecule is c1cn(C2CCN(c3nc(CN4CCOCC4)nc4sc5c(c34)CCCC5)CC2)nn1. The van der Waals surface area contributed by atoms with Crippen LogP contribution in [0.25, 0.3) is 10.2 Å². The van der Waals surface area contributed by atoms with Crippen molar-refractivity contribution >= 4 is 27.4 Å². The molecule has 164 valence electrons. The number of thiophene rings is 1. The summed E-state index contributed by atoms with van der Waals surface area (Å²) in [7, 11) is 0. The largest absolute Gasteiger partial charge is 0.379 e. The summed E-state index contributed by atoms with van der Waals surface area (Å²) in [5, 5.41) is 9.55. The summed E-state index contributed by atoms with van der Waals surface area (Å²) < 4.78 is 7.54. The molecule has 1 aliphatic carbocycles. The number of morpholine rings is 1. The van der Waals surface area contributed by atoms with Crippen molar-refractivity contribution in [1.29, 1.82) is 0 Å². The minimum absolute atomic E-state index is 0.431. The molecule has 3 aromatic heterocycles. The summed E-state index contributed by atoms with van der Waals surface area (Å²) in [6.45, 7) is 6.33. The summed E-state index contributed by atoms with van der Waals surface area (Å²) in [4.78, 5) is 17.9. The lowest BCUT2D eigenvalue weighted by Gasteiger charge is -2.33. The molecule has 0 bridgehead atoms. The molecule has 2 fully saturated rings. The second-order valence-electron chi connectivity index (χ2n) is 8.84. The van der Waals surface area contributed by atoms with Crippen LogP contribution in [-0.4, -0.2) is 69.3 Å². The van der Waals surface area contributed by atoms with Crippen LogP contribution in [0, 0.1) is 0 Å². The number of anilines is 1. The lowest BCUT2D eigenvalue weighted by atomic mass is 9.96. The number of ether oxygens (including phenoxy) is 1. The zero-order valence-corrected chi connectivity index (χ0v) is 18.7. The van der Waals surface area contributed by atoms with Gasteiger partial charge < -0.3 is 9.64 Å². The zero-order valence-electron chi connectivity index (χ0n) is 17.9. The van der Waals surface area contributed by atoms with E-state index in [-0.39, 0.29) is 0 Å². The number of rotatable bonds is 4. The lowest BCUT2D eigenvalue weighted by Crippen LogP contribution is -2.37. The van der Waals surface area contributed by atoms with Crippen LogP contribution in [0.15, 0.2) is 12.4 Å². The second-order valence-corrected chi connectivity index (χ2v) is 9.93. The van der Waals surface area contributed by atoms with Crippen LogP contribution in [0.1, 0.15) is 48.0 Å². The smallest absolute Gasteiger partial charge is 0.146 e. The molecule has 0 aromatic carbocycles. The number of aromatic nitrogens is 5. The third-order valence-electron chi connectivity index (χ3n) is 6.89. The van der Waals surface area contributed by atoms with Crippen molar-refractivity contribution in [3.05, 3.63) is 28.7 Å². The molecule has 0 amide bonds. The van der Waals surface area contributed by atoms with Crippen molar-refractivity contribution < 1.29 is 4.74 Å². The first-order valence-electron chi connectivity index (χ1n) is 11.6. The maximum Gasteiger partial charge on any atom is 0.146 e. The maximum atomic E-state index is 5.52. The highest BCUT2D eigenvalue weighted by atomic mass is 32.1. The van der Waals surface area contributed by atoms with E-state index < -0.39 is 0 Å². The molecule has 31 heavy (non-hydrogen) atoms. The summed E-state index contributed by atoms with van der Waals surface area (Å²) in [5.41, 5.74) is 1.53. The Bertz CT molecular complexity index is 1040. The van der Waals surface area contributed by atoms with Gasteiger partial charge in [-0.2, -0.15) is 0 Å². The normalized spacial score (nSPS) is 21.0. The summed E-state index contributed by atoms with van der Waals surface area (Å²) >= 11 is 1.91. The predicted octanol–water partition coefficient (Wildman–Crippen LogP) is 2.84. The highest BCUT2D eigenvalue weighted by Crippen LogP contribution is 2.40. The van der Waals surface area contributed by atoms with Crippen LogP contribution in [-0.2, 0) is 24.1 Å². The Morgan fingerprint density at radius 1 is 1.03 bits per heavy atom. The third-order valence-corrected chi connectivity index (χ3v) is 8.08. The van der Waals surface area contributed by atoms with Crippen LogP contribution < -0.4 is 4.90 Å². The Morgan fingerprint density at radius 3 is 2.68 bits per heavy atom. The molecule has 0 saturated carbocycles. The minimum Gasteiger partial charge on any atom is -0.379 e. The van der Waals surface area contributed by atoms with Gasteiger partial charge in [0.25, 0.3) is 0 Å². The van der Waals surface area contributed by atoms with E-state index in [0.29, 0.717) is 6.04 Å². The minimum atomic E-state index is 0.431. The predicted molar refractivity (Wildman–Crippen MR) is 121 cm³/mol. The molecule has 2 aliphatic heterocycles. The summed E-state index contributed by atoms with van der Waals surface area (Å²) in [5.74, 6) is 2.13. The van der Waals surface area contributed by atoms with Gasteiger partial charge in [0.1, 0.15) is 16.5 Å². The highest BCUT2D eigenvalue weighted by Gasteiger charge is 2.28. The Kier molecular flexibility index (Phi) is 5.33. The Hall–Kier alpha value is -2.10. The number of hydrogen-bond acceptors (Lipinski definition) is 8. The average molecular weight is 440 g/mol. The topological polar surface area (TPSA) is 72.2 Å². The molecule has 6 rings (SSSR count). The lowest BCUT2D eigenvalue weighted by molar-refractivity contribution is 0.0331. The highest BCUT2D eigenvalue weighted by molar-refractivity contribution is 7.19. The van der Waals surface area contributed by atoms with E-state index in [2.05, 4.69) is 20.1 Å². The molecule has 0 atom stereocenters. The van der Waals surface area contributed by atoms with Crippen LogP contribution in [0.5, 0.6) is 0 Å². The average Bonchev–Trinajstić information content (AvgIpc) is 3.47. The van der Waals surface area contributed by atoms with Crippen molar-refractivity contribution in [2.75, 3.05) is 44.3 Å². The first-order valence-corrected chi connectivity index (χ1v) is 12.4. The Morgan fingerprint density at radius 2 is 1.87 bits per heavy atom. The van der Waals surface area contributed by atoms with Gasteiger partial charge in [-0.15, -0.1) is 16.4 Å². The van der Waals surface area contributed by atoms with Gasteiger partial charge in [-0.25, -0.2) is 14.6 Å². The molecule has 0 radical (unpaired) electrons. The fourth-order valence-electron chi connectivity index (χ4n) is 5.19. The van der Waals surface area contributed by atoms with Gasteiger partial charge in [0.15, 0.2) is 0 Å². The van der Waals surface area contributed by atoms with Gasteiger partial charge in [0, 0.05) is 37.3 Å². The van der Waals surface area contributed by atoms with Gasteiger partial charge in [-0.3, -0.25) is 4.90 Å². The number of nitrogens with zero attached hydrogens (tertiary/aromatic N) is 7. The van der Waals surface area contributed by atoms with Crippen molar-refractivity contribution in [1.82, 2.24) is 29.9 Å². The summed E-state index contributed by atoms with van der Waals surface area (Å²) in [6, 6.07) is 0.431. The fourth-order valence-corrected chi connectivity index (χ4v) is 6.47. The van der Waals surface area contributed by atoms with Gasteiger partial charge in [0.2, 0.25) is 0 Å². The Balaban J connectivity index is 1.33. The quantitative estimate of drug-likeness (QED) is 0.619. The first-order chi connectivity index (χ1) is 15.3. The maximum absolute atomic E-state index is 5.52. The molecule has 0 unspecified atom stereocenters. The van der Waals surface area contributed by atoms with Crippen molar-refractivity contribution in [2.45, 2.75) is 51.1 Å². The van der Waals surface area contributed by atoms with Crippen molar-refractivity contribution in [3.8, 4) is 0 Å². The molecular formula is C22H29N7OS. The fraction of sp³-hybridized carbons (Fsp3) is 0.636. The molecule has 3 aliphatic rings. The van der Waals surface area contributed by atoms with Crippen molar-refractivity contribution in [3.63, 3.8) is 0 Å². The molecule has 8 nitrogen and oxygen atoms in total. The van der Waals surface area contributed by atoms with Gasteiger partial charge in [-0.1, -0.05) is 5.21 Å². The first kappa shape index (κ1) is 19.6. The molecule has 3 aromatic rings. The number of fused-ring (bicyclic) bond motifs is 3. The molecular weight excluding hydrogens is 410 g/mol. The third kappa shape index (κ3) is 3.83. The van der Waals surface area contributed by atoms with Gasteiger partial charge >= 0.3 is 0 Å².